The number of aromatic nitrogens is 2. The Morgan fingerprint density at radius 1 is 1.37 bits per heavy atom. The summed E-state index contributed by atoms with van der Waals surface area (Å²) in [6, 6.07) is 7.62. The molecule has 1 aromatic heterocycles. The fourth-order valence-corrected chi connectivity index (χ4v) is 3.10. The summed E-state index contributed by atoms with van der Waals surface area (Å²) in [6.45, 7) is 2.10. The third-order valence-electron chi connectivity index (χ3n) is 2.13. The molecule has 0 unspecified atom stereocenters. The lowest BCUT2D eigenvalue weighted by Gasteiger charge is -1.98. The van der Waals surface area contributed by atoms with Crippen LogP contribution in [0, 0.1) is 0 Å². The van der Waals surface area contributed by atoms with Crippen molar-refractivity contribution in [1.82, 2.24) is 10.2 Å². The van der Waals surface area contributed by atoms with Crippen LogP contribution in [0.25, 0.3) is 0 Å². The van der Waals surface area contributed by atoms with E-state index in [2.05, 4.69) is 10.2 Å². The summed E-state index contributed by atoms with van der Waals surface area (Å²) in [6.07, 6.45) is 0. The first-order chi connectivity index (χ1) is 9.19. The summed E-state index contributed by atoms with van der Waals surface area (Å²) in [5, 5.41) is 8.78. The maximum Gasteiger partial charge on any atom is 0.369 e. The van der Waals surface area contributed by atoms with Crippen LogP contribution < -0.4 is 0 Å². The summed E-state index contributed by atoms with van der Waals surface area (Å²) >= 11 is 8.59. The quantitative estimate of drug-likeness (QED) is 0.622. The lowest BCUT2D eigenvalue weighted by Crippen LogP contribution is -2.03. The fraction of sp³-hybridized carbons (Fsp3) is 0.250. The largest absolute Gasteiger partial charge is 0.461 e. The van der Waals surface area contributed by atoms with E-state index in [0.717, 1.165) is 15.7 Å². The average molecular weight is 315 g/mol. The number of benzene rings is 1. The molecule has 2 aromatic rings. The van der Waals surface area contributed by atoms with Crippen molar-refractivity contribution in [2.75, 3.05) is 6.61 Å². The van der Waals surface area contributed by atoms with Crippen molar-refractivity contribution < 1.29 is 9.53 Å². The van der Waals surface area contributed by atoms with Crippen LogP contribution in [0.4, 0.5) is 0 Å². The Balaban J connectivity index is 1.93. The minimum absolute atomic E-state index is 0.292. The third-order valence-corrected chi connectivity index (χ3v) is 4.49. The molecule has 0 aliphatic carbocycles. The molecule has 19 heavy (non-hydrogen) atoms. The Labute approximate surface area is 124 Å². The lowest BCUT2D eigenvalue weighted by atomic mass is 10.2. The van der Waals surface area contributed by atoms with Crippen LogP contribution in [0.1, 0.15) is 22.3 Å². The highest BCUT2D eigenvalue weighted by Crippen LogP contribution is 2.26. The number of halogens is 1. The van der Waals surface area contributed by atoms with E-state index >= 15 is 0 Å². The molecular weight excluding hydrogens is 304 g/mol. The first kappa shape index (κ1) is 14.3. The molecule has 0 spiro atoms. The zero-order valence-corrected chi connectivity index (χ0v) is 12.5. The van der Waals surface area contributed by atoms with Crippen molar-refractivity contribution in [3.8, 4) is 0 Å². The zero-order chi connectivity index (χ0) is 13.7. The minimum atomic E-state index is -0.418. The van der Waals surface area contributed by atoms with Crippen molar-refractivity contribution in [2.24, 2.45) is 0 Å². The van der Waals surface area contributed by atoms with Gasteiger partial charge in [0.15, 0.2) is 4.34 Å². The Kier molecular flexibility index (Phi) is 5.18. The molecule has 0 N–H and O–H groups in total. The van der Waals surface area contributed by atoms with Gasteiger partial charge in [0.1, 0.15) is 0 Å². The van der Waals surface area contributed by atoms with Gasteiger partial charge >= 0.3 is 5.97 Å². The second-order valence-electron chi connectivity index (χ2n) is 3.51. The highest BCUT2D eigenvalue weighted by atomic mass is 35.5. The van der Waals surface area contributed by atoms with E-state index in [0.29, 0.717) is 16.6 Å². The van der Waals surface area contributed by atoms with Gasteiger partial charge in [-0.2, -0.15) is 0 Å². The first-order valence-electron chi connectivity index (χ1n) is 5.57. The number of esters is 1. The molecule has 4 nitrogen and oxygen atoms in total. The molecule has 0 atom stereocenters. The zero-order valence-electron chi connectivity index (χ0n) is 10.1. The average Bonchev–Trinajstić information content (AvgIpc) is 2.87. The molecule has 0 saturated carbocycles. The van der Waals surface area contributed by atoms with Crippen LogP contribution in [0.2, 0.25) is 5.02 Å². The van der Waals surface area contributed by atoms with Crippen molar-refractivity contribution >= 4 is 40.7 Å². The maximum atomic E-state index is 11.4. The van der Waals surface area contributed by atoms with Crippen LogP contribution in [-0.4, -0.2) is 22.8 Å². The van der Waals surface area contributed by atoms with Gasteiger partial charge in [-0.25, -0.2) is 4.79 Å². The molecule has 7 heteroatoms. The number of nitrogens with zero attached hydrogens (tertiary/aromatic N) is 2. The molecule has 1 aromatic carbocycles. The summed E-state index contributed by atoms with van der Waals surface area (Å²) in [7, 11) is 0. The fourth-order valence-electron chi connectivity index (χ4n) is 1.27. The Bertz CT molecular complexity index is 557. The van der Waals surface area contributed by atoms with E-state index in [9.17, 15) is 4.79 Å². The molecule has 0 bridgehead atoms. The maximum absolute atomic E-state index is 11.4. The predicted octanol–water partition coefficient (Wildman–Crippen LogP) is 3.66. The second-order valence-corrected chi connectivity index (χ2v) is 6.15. The van der Waals surface area contributed by atoms with Gasteiger partial charge in [0.05, 0.1) is 6.61 Å². The van der Waals surface area contributed by atoms with E-state index in [1.165, 1.54) is 23.1 Å². The summed E-state index contributed by atoms with van der Waals surface area (Å²) in [5.74, 6) is 0.340. The molecule has 0 fully saturated rings. The van der Waals surface area contributed by atoms with Crippen LogP contribution in [-0.2, 0) is 10.5 Å². The van der Waals surface area contributed by atoms with Gasteiger partial charge in [0.2, 0.25) is 5.01 Å². The van der Waals surface area contributed by atoms with Gasteiger partial charge in [-0.1, -0.05) is 46.8 Å². The molecule has 0 aliphatic heterocycles. The van der Waals surface area contributed by atoms with Crippen molar-refractivity contribution in [3.63, 3.8) is 0 Å². The number of carbonyl (C=O) groups excluding carboxylic acids is 1. The predicted molar refractivity (Wildman–Crippen MR) is 76.9 cm³/mol. The van der Waals surface area contributed by atoms with E-state index < -0.39 is 5.97 Å². The van der Waals surface area contributed by atoms with Gasteiger partial charge in [0, 0.05) is 10.8 Å². The third kappa shape index (κ3) is 4.19. The Hall–Kier alpha value is -1.11. The molecule has 0 amide bonds. The standard InChI is InChI=1S/C12H11ClN2O2S2/c1-2-17-11(16)10-14-15-12(19-10)18-7-8-3-5-9(13)6-4-8/h3-6H,2,7H2,1H3. The van der Waals surface area contributed by atoms with Crippen LogP contribution >= 0.6 is 34.7 Å². The van der Waals surface area contributed by atoms with Crippen molar-refractivity contribution in [1.29, 1.82) is 0 Å². The lowest BCUT2D eigenvalue weighted by molar-refractivity contribution is 0.0525. The Morgan fingerprint density at radius 2 is 2.11 bits per heavy atom. The molecule has 2 rings (SSSR count). The number of hydrogen-bond donors (Lipinski definition) is 0. The number of rotatable bonds is 5. The van der Waals surface area contributed by atoms with E-state index in [1.54, 1.807) is 6.92 Å². The Morgan fingerprint density at radius 3 is 2.79 bits per heavy atom. The van der Waals surface area contributed by atoms with Gasteiger partial charge < -0.3 is 4.74 Å². The SMILES string of the molecule is CCOC(=O)c1nnc(SCc2ccc(Cl)cc2)s1. The summed E-state index contributed by atoms with van der Waals surface area (Å²) in [5.41, 5.74) is 1.14. The van der Waals surface area contributed by atoms with Crippen molar-refractivity contribution in [3.05, 3.63) is 39.9 Å². The minimum Gasteiger partial charge on any atom is -0.461 e. The highest BCUT2D eigenvalue weighted by Gasteiger charge is 2.13. The van der Waals surface area contributed by atoms with Crippen molar-refractivity contribution in [2.45, 2.75) is 17.0 Å². The normalized spacial score (nSPS) is 10.4. The molecule has 100 valence electrons. The van der Waals surface area contributed by atoms with Gasteiger partial charge in [-0.05, 0) is 24.6 Å². The highest BCUT2D eigenvalue weighted by molar-refractivity contribution is 8.00. The number of ether oxygens (including phenoxy) is 1. The molecular formula is C12H11ClN2O2S2. The van der Waals surface area contributed by atoms with E-state index in [1.807, 2.05) is 24.3 Å². The van der Waals surface area contributed by atoms with E-state index in [4.69, 9.17) is 16.3 Å². The first-order valence-corrected chi connectivity index (χ1v) is 7.75. The number of hydrogen-bond acceptors (Lipinski definition) is 6. The van der Waals surface area contributed by atoms with Gasteiger partial charge in [0.25, 0.3) is 0 Å². The summed E-state index contributed by atoms with van der Waals surface area (Å²) < 4.78 is 5.61. The molecule has 0 aliphatic rings. The second kappa shape index (κ2) is 6.88. The monoisotopic (exact) mass is 314 g/mol. The van der Waals surface area contributed by atoms with E-state index in [-0.39, 0.29) is 0 Å². The number of thioether (sulfide) groups is 1. The van der Waals surface area contributed by atoms with Crippen LogP contribution in [0.15, 0.2) is 28.6 Å². The van der Waals surface area contributed by atoms with Crippen LogP contribution in [0.3, 0.4) is 0 Å². The molecule has 0 radical (unpaired) electrons. The smallest absolute Gasteiger partial charge is 0.369 e. The molecule has 0 saturated heterocycles. The summed E-state index contributed by atoms with van der Waals surface area (Å²) in [4.78, 5) is 11.4. The number of carbonyl (C=O) groups is 1. The molecule has 1 heterocycles. The van der Waals surface area contributed by atoms with Crippen LogP contribution in [0.5, 0.6) is 0 Å². The topological polar surface area (TPSA) is 52.1 Å². The van der Waals surface area contributed by atoms with Gasteiger partial charge in [-0.15, -0.1) is 10.2 Å². The van der Waals surface area contributed by atoms with Gasteiger partial charge in [-0.3, -0.25) is 0 Å².